The van der Waals surface area contributed by atoms with E-state index in [1.165, 1.54) is 25.3 Å². The molecule has 1 rings (SSSR count). The van der Waals surface area contributed by atoms with Crippen molar-refractivity contribution in [3.63, 3.8) is 0 Å². The van der Waals surface area contributed by atoms with Gasteiger partial charge in [0.15, 0.2) is 5.75 Å². The number of carbonyl (C=O) groups excluding carboxylic acids is 1. The average molecular weight is 268 g/mol. The summed E-state index contributed by atoms with van der Waals surface area (Å²) >= 11 is 0. The van der Waals surface area contributed by atoms with E-state index < -0.39 is 16.9 Å². The lowest BCUT2D eigenvalue weighted by molar-refractivity contribution is -0.385. The highest BCUT2D eigenvalue weighted by Crippen LogP contribution is 2.27. The third-order valence-electron chi connectivity index (χ3n) is 2.61. The fourth-order valence-corrected chi connectivity index (χ4v) is 1.43. The number of nitrogens with zero attached hydrogens (tertiary/aromatic N) is 1. The van der Waals surface area contributed by atoms with Gasteiger partial charge in [0.2, 0.25) is 0 Å². The van der Waals surface area contributed by atoms with Crippen LogP contribution in [0, 0.1) is 10.1 Å². The highest BCUT2D eigenvalue weighted by atomic mass is 16.6. The van der Waals surface area contributed by atoms with E-state index in [2.05, 4.69) is 5.32 Å². The molecule has 7 nitrogen and oxygen atoms in total. The fourth-order valence-electron chi connectivity index (χ4n) is 1.43. The molecule has 104 valence electrons. The van der Waals surface area contributed by atoms with Crippen molar-refractivity contribution in [2.24, 2.45) is 0 Å². The molecule has 0 aromatic heterocycles. The first-order chi connectivity index (χ1) is 8.99. The van der Waals surface area contributed by atoms with Gasteiger partial charge < -0.3 is 15.2 Å². The van der Waals surface area contributed by atoms with Crippen molar-refractivity contribution in [3.8, 4) is 5.75 Å². The van der Waals surface area contributed by atoms with Crippen molar-refractivity contribution in [1.82, 2.24) is 5.32 Å². The molecule has 0 bridgehead atoms. The Morgan fingerprint density at radius 1 is 1.58 bits per heavy atom. The molecular formula is C12H16N2O5. The third-order valence-corrected chi connectivity index (χ3v) is 2.61. The van der Waals surface area contributed by atoms with Gasteiger partial charge in [0, 0.05) is 24.2 Å². The number of rotatable bonds is 6. The number of nitro groups is 1. The Kier molecular flexibility index (Phi) is 5.25. The standard InChI is InChI=1S/C12H16N2O5/c1-3-9(15)7-13-12(16)8-4-5-10(14(17)18)11(6-8)19-2/h4-6,9,15H,3,7H2,1-2H3,(H,13,16). The zero-order valence-corrected chi connectivity index (χ0v) is 10.8. The molecular weight excluding hydrogens is 252 g/mol. The van der Waals surface area contributed by atoms with E-state index in [0.29, 0.717) is 6.42 Å². The predicted octanol–water partition coefficient (Wildman–Crippen LogP) is 1.10. The van der Waals surface area contributed by atoms with Crippen LogP contribution in [0.1, 0.15) is 23.7 Å². The van der Waals surface area contributed by atoms with Gasteiger partial charge in [0.05, 0.1) is 18.1 Å². The normalized spacial score (nSPS) is 11.7. The smallest absolute Gasteiger partial charge is 0.310 e. The second-order valence-corrected chi connectivity index (χ2v) is 3.92. The highest BCUT2D eigenvalue weighted by molar-refractivity contribution is 5.95. The molecule has 0 aliphatic rings. The molecule has 19 heavy (non-hydrogen) atoms. The lowest BCUT2D eigenvalue weighted by atomic mass is 10.1. The molecule has 0 saturated carbocycles. The molecule has 1 unspecified atom stereocenters. The van der Waals surface area contributed by atoms with Crippen LogP contribution in [-0.2, 0) is 0 Å². The van der Waals surface area contributed by atoms with E-state index in [4.69, 9.17) is 4.74 Å². The van der Waals surface area contributed by atoms with Crippen LogP contribution in [0.25, 0.3) is 0 Å². The minimum absolute atomic E-state index is 0.0219. The monoisotopic (exact) mass is 268 g/mol. The lowest BCUT2D eigenvalue weighted by Crippen LogP contribution is -2.31. The molecule has 0 saturated heterocycles. The van der Waals surface area contributed by atoms with E-state index in [-0.39, 0.29) is 23.5 Å². The van der Waals surface area contributed by atoms with Crippen molar-refractivity contribution in [3.05, 3.63) is 33.9 Å². The number of aliphatic hydroxyl groups excluding tert-OH is 1. The Labute approximate surface area is 110 Å². The number of nitro benzene ring substituents is 1. The number of amides is 1. The van der Waals surface area contributed by atoms with Gasteiger partial charge in [-0.05, 0) is 12.5 Å². The van der Waals surface area contributed by atoms with Crippen molar-refractivity contribution in [2.45, 2.75) is 19.4 Å². The summed E-state index contributed by atoms with van der Waals surface area (Å²) in [6.45, 7) is 1.93. The number of hydrogen-bond donors (Lipinski definition) is 2. The van der Waals surface area contributed by atoms with Gasteiger partial charge in [0.1, 0.15) is 0 Å². The minimum atomic E-state index is -0.608. The second kappa shape index (κ2) is 6.69. The van der Waals surface area contributed by atoms with Gasteiger partial charge in [-0.2, -0.15) is 0 Å². The Bertz CT molecular complexity index is 475. The first kappa shape index (κ1) is 14.9. The summed E-state index contributed by atoms with van der Waals surface area (Å²) in [4.78, 5) is 21.9. The van der Waals surface area contributed by atoms with Gasteiger partial charge in [-0.15, -0.1) is 0 Å². The van der Waals surface area contributed by atoms with Crippen LogP contribution in [0.15, 0.2) is 18.2 Å². The zero-order chi connectivity index (χ0) is 14.4. The van der Waals surface area contributed by atoms with E-state index in [1.807, 2.05) is 0 Å². The maximum atomic E-state index is 11.8. The number of hydrogen-bond acceptors (Lipinski definition) is 5. The van der Waals surface area contributed by atoms with E-state index in [1.54, 1.807) is 6.92 Å². The molecule has 1 aromatic carbocycles. The van der Waals surface area contributed by atoms with Gasteiger partial charge in [0.25, 0.3) is 5.91 Å². The van der Waals surface area contributed by atoms with Crippen LogP contribution in [0.5, 0.6) is 5.75 Å². The van der Waals surface area contributed by atoms with Crippen molar-refractivity contribution < 1.29 is 19.6 Å². The van der Waals surface area contributed by atoms with Crippen LogP contribution in [0.3, 0.4) is 0 Å². The number of nitrogens with one attached hydrogen (secondary N) is 1. The summed E-state index contributed by atoms with van der Waals surface area (Å²) in [6, 6.07) is 3.85. The SMILES string of the molecule is CCC(O)CNC(=O)c1ccc([N+](=O)[O-])c(OC)c1. The lowest BCUT2D eigenvalue weighted by Gasteiger charge is -2.10. The molecule has 0 aliphatic carbocycles. The topological polar surface area (TPSA) is 102 Å². The van der Waals surface area contributed by atoms with Crippen LogP contribution in [0.2, 0.25) is 0 Å². The summed E-state index contributed by atoms with van der Waals surface area (Å²) in [5.41, 5.74) is 0.0402. The predicted molar refractivity (Wildman–Crippen MR) is 68.3 cm³/mol. The number of aliphatic hydroxyl groups is 1. The molecule has 7 heteroatoms. The molecule has 0 spiro atoms. The van der Waals surface area contributed by atoms with Gasteiger partial charge >= 0.3 is 5.69 Å². The maximum Gasteiger partial charge on any atom is 0.310 e. The molecule has 1 aromatic rings. The maximum absolute atomic E-state index is 11.8. The van der Waals surface area contributed by atoms with Crippen molar-refractivity contribution >= 4 is 11.6 Å². The quantitative estimate of drug-likeness (QED) is 0.594. The van der Waals surface area contributed by atoms with Gasteiger partial charge in [-0.25, -0.2) is 0 Å². The third kappa shape index (κ3) is 3.92. The Morgan fingerprint density at radius 2 is 2.26 bits per heavy atom. The molecule has 1 amide bonds. The summed E-state index contributed by atoms with van der Waals surface area (Å²) in [5.74, 6) is -0.394. The number of methoxy groups -OCH3 is 1. The summed E-state index contributed by atoms with van der Waals surface area (Å²) in [7, 11) is 1.30. The van der Waals surface area contributed by atoms with Crippen molar-refractivity contribution in [2.75, 3.05) is 13.7 Å². The fraction of sp³-hybridized carbons (Fsp3) is 0.417. The van der Waals surface area contributed by atoms with E-state index in [0.717, 1.165) is 0 Å². The number of benzene rings is 1. The molecule has 0 radical (unpaired) electrons. The largest absolute Gasteiger partial charge is 0.490 e. The number of carbonyl (C=O) groups is 1. The Hall–Kier alpha value is -2.15. The average Bonchev–Trinajstić information content (AvgIpc) is 2.43. The van der Waals surface area contributed by atoms with E-state index in [9.17, 15) is 20.0 Å². The van der Waals surface area contributed by atoms with Crippen molar-refractivity contribution in [1.29, 1.82) is 0 Å². The summed E-state index contributed by atoms with van der Waals surface area (Å²) in [6.07, 6.45) is -0.0759. The van der Waals surface area contributed by atoms with Gasteiger partial charge in [-0.3, -0.25) is 14.9 Å². The molecule has 2 N–H and O–H groups in total. The molecule has 0 fully saturated rings. The van der Waals surface area contributed by atoms with Crippen LogP contribution < -0.4 is 10.1 Å². The van der Waals surface area contributed by atoms with Crippen LogP contribution in [-0.4, -0.2) is 35.7 Å². The number of ether oxygens (including phenoxy) is 1. The minimum Gasteiger partial charge on any atom is -0.490 e. The first-order valence-corrected chi connectivity index (χ1v) is 5.78. The highest BCUT2D eigenvalue weighted by Gasteiger charge is 2.17. The van der Waals surface area contributed by atoms with E-state index >= 15 is 0 Å². The molecule has 1 atom stereocenters. The summed E-state index contributed by atoms with van der Waals surface area (Å²) in [5, 5.41) is 22.6. The summed E-state index contributed by atoms with van der Waals surface area (Å²) < 4.78 is 4.87. The van der Waals surface area contributed by atoms with Gasteiger partial charge in [-0.1, -0.05) is 6.92 Å². The van der Waals surface area contributed by atoms with Crippen LogP contribution in [0.4, 0.5) is 5.69 Å². The van der Waals surface area contributed by atoms with Crippen LogP contribution >= 0.6 is 0 Å². The zero-order valence-electron chi connectivity index (χ0n) is 10.8. The Balaban J connectivity index is 2.84. The Morgan fingerprint density at radius 3 is 2.79 bits per heavy atom. The molecule has 0 aliphatic heterocycles. The molecule has 0 heterocycles. The second-order valence-electron chi connectivity index (χ2n) is 3.92. The first-order valence-electron chi connectivity index (χ1n) is 5.78.